The second-order valence-electron chi connectivity index (χ2n) is 3.48. The van der Waals surface area contributed by atoms with Crippen LogP contribution in [0.25, 0.3) is 0 Å². The predicted octanol–water partition coefficient (Wildman–Crippen LogP) is 0.870. The summed E-state index contributed by atoms with van der Waals surface area (Å²) in [5.41, 5.74) is 2.13. The Kier molecular flexibility index (Phi) is 2.82. The summed E-state index contributed by atoms with van der Waals surface area (Å²) in [6, 6.07) is 0. The highest BCUT2D eigenvalue weighted by atomic mass is 16.5. The minimum absolute atomic E-state index is 0.571. The number of hydrogen-bond acceptors (Lipinski definition) is 3. The lowest BCUT2D eigenvalue weighted by Gasteiger charge is -2.05. The van der Waals surface area contributed by atoms with Crippen LogP contribution in [0, 0.1) is 0 Å². The predicted molar refractivity (Wildman–Crippen MR) is 54.9 cm³/mol. The molecule has 0 N–H and O–H groups in total. The van der Waals surface area contributed by atoms with E-state index in [2.05, 4.69) is 9.97 Å². The third-order valence-electron chi connectivity index (χ3n) is 2.33. The molecule has 0 spiro atoms. The number of aryl methyl sites for hydroxylation is 2. The number of ether oxygens (including phenoxy) is 1. The number of imidazole rings is 2. The van der Waals surface area contributed by atoms with Gasteiger partial charge in [-0.05, 0) is 0 Å². The third kappa shape index (κ3) is 2.24. The standard InChI is InChI=1S/C10H14N4O/c1-13-7-11-3-9(13)5-15-6-10-4-12-8-14(10)2/h3-4,7-8H,5-6H2,1-2H3. The van der Waals surface area contributed by atoms with Gasteiger partial charge in [-0.25, -0.2) is 9.97 Å². The van der Waals surface area contributed by atoms with Crippen LogP contribution in [-0.2, 0) is 32.0 Å². The molecule has 5 nitrogen and oxygen atoms in total. The van der Waals surface area contributed by atoms with E-state index in [-0.39, 0.29) is 0 Å². The van der Waals surface area contributed by atoms with E-state index in [9.17, 15) is 0 Å². The van der Waals surface area contributed by atoms with Gasteiger partial charge in [-0.1, -0.05) is 0 Å². The Bertz CT molecular complexity index is 392. The summed E-state index contributed by atoms with van der Waals surface area (Å²) in [6.45, 7) is 1.14. The Morgan fingerprint density at radius 1 is 1.00 bits per heavy atom. The van der Waals surface area contributed by atoms with Crippen LogP contribution in [0.4, 0.5) is 0 Å². The van der Waals surface area contributed by atoms with Crippen LogP contribution >= 0.6 is 0 Å². The molecule has 0 saturated heterocycles. The Morgan fingerprint density at radius 3 is 1.80 bits per heavy atom. The summed E-state index contributed by atoms with van der Waals surface area (Å²) >= 11 is 0. The van der Waals surface area contributed by atoms with Crippen molar-refractivity contribution in [1.82, 2.24) is 19.1 Å². The molecule has 0 aliphatic rings. The van der Waals surface area contributed by atoms with Gasteiger partial charge in [0.05, 0.1) is 49.6 Å². The second-order valence-corrected chi connectivity index (χ2v) is 3.48. The summed E-state index contributed by atoms with van der Waals surface area (Å²) in [5.74, 6) is 0. The molecular weight excluding hydrogens is 192 g/mol. The highest BCUT2D eigenvalue weighted by molar-refractivity contribution is 4.97. The fourth-order valence-electron chi connectivity index (χ4n) is 1.31. The van der Waals surface area contributed by atoms with E-state index in [1.807, 2.05) is 35.6 Å². The highest BCUT2D eigenvalue weighted by Crippen LogP contribution is 2.03. The minimum Gasteiger partial charge on any atom is -0.369 e. The molecule has 2 heterocycles. The van der Waals surface area contributed by atoms with Crippen LogP contribution in [0.5, 0.6) is 0 Å². The number of hydrogen-bond donors (Lipinski definition) is 0. The summed E-state index contributed by atoms with van der Waals surface area (Å²) in [4.78, 5) is 8.04. The van der Waals surface area contributed by atoms with Crippen molar-refractivity contribution >= 4 is 0 Å². The molecule has 0 aliphatic carbocycles. The van der Waals surface area contributed by atoms with E-state index in [1.165, 1.54) is 0 Å². The first-order valence-corrected chi connectivity index (χ1v) is 4.75. The van der Waals surface area contributed by atoms with Crippen LogP contribution in [0.3, 0.4) is 0 Å². The van der Waals surface area contributed by atoms with E-state index in [0.717, 1.165) is 11.4 Å². The van der Waals surface area contributed by atoms with Crippen molar-refractivity contribution in [2.75, 3.05) is 0 Å². The maximum Gasteiger partial charge on any atom is 0.0946 e. The maximum atomic E-state index is 5.56. The van der Waals surface area contributed by atoms with Crippen LogP contribution in [-0.4, -0.2) is 19.1 Å². The zero-order valence-electron chi connectivity index (χ0n) is 8.92. The molecule has 2 aromatic heterocycles. The number of rotatable bonds is 4. The van der Waals surface area contributed by atoms with Gasteiger partial charge in [0.15, 0.2) is 0 Å². The zero-order valence-corrected chi connectivity index (χ0v) is 8.92. The largest absolute Gasteiger partial charge is 0.369 e. The van der Waals surface area contributed by atoms with E-state index in [0.29, 0.717) is 13.2 Å². The van der Waals surface area contributed by atoms with Crippen molar-refractivity contribution in [3.05, 3.63) is 36.4 Å². The van der Waals surface area contributed by atoms with Gasteiger partial charge in [0.2, 0.25) is 0 Å². The molecule has 2 aromatic rings. The molecule has 0 fully saturated rings. The minimum atomic E-state index is 0.571. The average molecular weight is 206 g/mol. The number of nitrogens with zero attached hydrogens (tertiary/aromatic N) is 4. The molecular formula is C10H14N4O. The van der Waals surface area contributed by atoms with Gasteiger partial charge in [0.1, 0.15) is 0 Å². The molecule has 5 heteroatoms. The van der Waals surface area contributed by atoms with Gasteiger partial charge < -0.3 is 13.9 Å². The van der Waals surface area contributed by atoms with Crippen molar-refractivity contribution in [1.29, 1.82) is 0 Å². The highest BCUT2D eigenvalue weighted by Gasteiger charge is 2.01. The molecule has 0 saturated carbocycles. The molecule has 0 bridgehead atoms. The molecule has 0 radical (unpaired) electrons. The zero-order chi connectivity index (χ0) is 10.7. The summed E-state index contributed by atoms with van der Waals surface area (Å²) < 4.78 is 9.46. The Labute approximate surface area is 88.3 Å². The fraction of sp³-hybridized carbons (Fsp3) is 0.400. The van der Waals surface area contributed by atoms with Crippen LogP contribution in [0.15, 0.2) is 25.0 Å². The Hall–Kier alpha value is -1.62. The SMILES string of the molecule is Cn1cncc1COCc1cncn1C. The fourth-order valence-corrected chi connectivity index (χ4v) is 1.31. The Balaban J connectivity index is 1.86. The summed E-state index contributed by atoms with van der Waals surface area (Å²) in [5, 5.41) is 0. The summed E-state index contributed by atoms with van der Waals surface area (Å²) in [7, 11) is 3.91. The quantitative estimate of drug-likeness (QED) is 0.745. The molecule has 0 aromatic carbocycles. The van der Waals surface area contributed by atoms with Crippen molar-refractivity contribution in [2.24, 2.45) is 14.1 Å². The topological polar surface area (TPSA) is 44.9 Å². The lowest BCUT2D eigenvalue weighted by atomic mass is 10.5. The van der Waals surface area contributed by atoms with Crippen molar-refractivity contribution < 1.29 is 4.74 Å². The monoisotopic (exact) mass is 206 g/mol. The normalized spacial score (nSPS) is 10.8. The van der Waals surface area contributed by atoms with Crippen molar-refractivity contribution in [3.63, 3.8) is 0 Å². The van der Waals surface area contributed by atoms with E-state index < -0.39 is 0 Å². The summed E-state index contributed by atoms with van der Waals surface area (Å²) in [6.07, 6.45) is 7.15. The van der Waals surface area contributed by atoms with Crippen molar-refractivity contribution in [2.45, 2.75) is 13.2 Å². The first kappa shape index (κ1) is 9.92. The average Bonchev–Trinajstić information content (AvgIpc) is 2.78. The first-order valence-electron chi connectivity index (χ1n) is 4.75. The van der Waals surface area contributed by atoms with Gasteiger partial charge in [-0.15, -0.1) is 0 Å². The van der Waals surface area contributed by atoms with Gasteiger partial charge >= 0.3 is 0 Å². The lowest BCUT2D eigenvalue weighted by molar-refractivity contribution is 0.0985. The van der Waals surface area contributed by atoms with E-state index in [1.54, 1.807) is 12.7 Å². The van der Waals surface area contributed by atoms with Gasteiger partial charge in [0.25, 0.3) is 0 Å². The van der Waals surface area contributed by atoms with Crippen LogP contribution in [0.1, 0.15) is 11.4 Å². The van der Waals surface area contributed by atoms with Crippen LogP contribution < -0.4 is 0 Å². The lowest BCUT2D eigenvalue weighted by Crippen LogP contribution is -2.02. The molecule has 2 rings (SSSR count). The van der Waals surface area contributed by atoms with Gasteiger partial charge in [-0.3, -0.25) is 0 Å². The maximum absolute atomic E-state index is 5.56. The Morgan fingerprint density at radius 2 is 1.47 bits per heavy atom. The smallest absolute Gasteiger partial charge is 0.0946 e. The third-order valence-corrected chi connectivity index (χ3v) is 2.33. The molecule has 0 aliphatic heterocycles. The molecule has 0 atom stereocenters. The van der Waals surface area contributed by atoms with Gasteiger partial charge in [0, 0.05) is 14.1 Å². The van der Waals surface area contributed by atoms with Gasteiger partial charge in [-0.2, -0.15) is 0 Å². The van der Waals surface area contributed by atoms with Crippen molar-refractivity contribution in [3.8, 4) is 0 Å². The first-order chi connectivity index (χ1) is 7.27. The molecule has 0 amide bonds. The molecule has 0 unspecified atom stereocenters. The van der Waals surface area contributed by atoms with E-state index >= 15 is 0 Å². The molecule has 15 heavy (non-hydrogen) atoms. The number of aromatic nitrogens is 4. The second kappa shape index (κ2) is 4.27. The van der Waals surface area contributed by atoms with Crippen LogP contribution in [0.2, 0.25) is 0 Å². The molecule has 80 valence electrons. The van der Waals surface area contributed by atoms with E-state index in [4.69, 9.17) is 4.74 Å².